The third-order valence-electron chi connectivity index (χ3n) is 3.65. The average Bonchev–Trinajstić information content (AvgIpc) is 2.64. The molecule has 134 valence electrons. The Morgan fingerprint density at radius 3 is 2.68 bits per heavy atom. The predicted molar refractivity (Wildman–Crippen MR) is 108 cm³/mol. The maximum absolute atomic E-state index is 12.0. The molecule has 0 saturated heterocycles. The van der Waals surface area contributed by atoms with Crippen molar-refractivity contribution in [1.29, 1.82) is 0 Å². The van der Waals surface area contributed by atoms with Crippen molar-refractivity contribution in [2.45, 2.75) is 31.2 Å². The number of amides is 1. The van der Waals surface area contributed by atoms with Gasteiger partial charge in [0, 0.05) is 23.5 Å². The molecule has 25 heavy (non-hydrogen) atoms. The van der Waals surface area contributed by atoms with Crippen molar-refractivity contribution in [3.8, 4) is 0 Å². The van der Waals surface area contributed by atoms with Gasteiger partial charge in [-0.25, -0.2) is 0 Å². The molecular weight excluding hydrogens is 352 g/mol. The molecule has 0 bridgehead atoms. The Bertz CT molecular complexity index is 664. The molecule has 0 aromatic heterocycles. The summed E-state index contributed by atoms with van der Waals surface area (Å²) in [6.45, 7) is 4.71. The highest BCUT2D eigenvalue weighted by atomic mass is 35.5. The minimum Gasteiger partial charge on any atom is -0.352 e. The summed E-state index contributed by atoms with van der Waals surface area (Å²) in [5.41, 5.74) is 1.95. The number of halogens is 1. The van der Waals surface area contributed by atoms with Crippen molar-refractivity contribution in [1.82, 2.24) is 10.6 Å². The molecule has 0 spiro atoms. The Balaban J connectivity index is 1.72. The second-order valence-corrected chi connectivity index (χ2v) is 7.31. The fourth-order valence-electron chi connectivity index (χ4n) is 2.33. The van der Waals surface area contributed by atoms with Gasteiger partial charge in [-0.05, 0) is 55.0 Å². The van der Waals surface area contributed by atoms with Gasteiger partial charge < -0.3 is 10.6 Å². The van der Waals surface area contributed by atoms with Crippen molar-refractivity contribution >= 4 is 29.3 Å². The quantitative estimate of drug-likeness (QED) is 0.464. The Morgan fingerprint density at radius 1 is 1.12 bits per heavy atom. The zero-order chi connectivity index (χ0) is 17.9. The SMILES string of the molecule is CCCNCc1ccc(Cl)c(SCCCNC(=O)c2ccccc2)c1. The van der Waals surface area contributed by atoms with Crippen LogP contribution in [0.1, 0.15) is 35.7 Å². The number of hydrogen-bond donors (Lipinski definition) is 2. The molecule has 0 aliphatic carbocycles. The molecule has 0 radical (unpaired) electrons. The van der Waals surface area contributed by atoms with E-state index in [1.165, 1.54) is 5.56 Å². The number of carbonyl (C=O) groups excluding carboxylic acids is 1. The van der Waals surface area contributed by atoms with Crippen LogP contribution in [0.15, 0.2) is 53.4 Å². The zero-order valence-corrected chi connectivity index (χ0v) is 16.1. The molecule has 0 unspecified atom stereocenters. The van der Waals surface area contributed by atoms with E-state index in [0.717, 1.165) is 41.6 Å². The molecule has 2 aromatic rings. The molecule has 2 N–H and O–H groups in total. The van der Waals surface area contributed by atoms with Crippen LogP contribution in [0, 0.1) is 0 Å². The smallest absolute Gasteiger partial charge is 0.251 e. The normalized spacial score (nSPS) is 10.6. The molecule has 2 rings (SSSR count). The molecular formula is C20H25ClN2OS. The molecule has 0 aliphatic rings. The van der Waals surface area contributed by atoms with Crippen LogP contribution in [0.4, 0.5) is 0 Å². The van der Waals surface area contributed by atoms with Crippen LogP contribution >= 0.6 is 23.4 Å². The first-order valence-electron chi connectivity index (χ1n) is 8.66. The lowest BCUT2D eigenvalue weighted by Crippen LogP contribution is -2.24. The standard InChI is InChI=1S/C20H25ClN2OS/c1-2-11-22-15-16-9-10-18(21)19(14-16)25-13-6-12-23-20(24)17-7-4-3-5-8-17/h3-5,7-10,14,22H,2,6,11-13,15H2,1H3,(H,23,24). The molecule has 0 saturated carbocycles. The summed E-state index contributed by atoms with van der Waals surface area (Å²) in [7, 11) is 0. The van der Waals surface area contributed by atoms with Crippen LogP contribution in [0.2, 0.25) is 5.02 Å². The van der Waals surface area contributed by atoms with Crippen LogP contribution in [0.5, 0.6) is 0 Å². The fourth-order valence-corrected chi connectivity index (χ4v) is 3.56. The van der Waals surface area contributed by atoms with E-state index in [9.17, 15) is 4.79 Å². The van der Waals surface area contributed by atoms with Crippen molar-refractivity contribution in [2.24, 2.45) is 0 Å². The van der Waals surface area contributed by atoms with Crippen molar-refractivity contribution < 1.29 is 4.79 Å². The van der Waals surface area contributed by atoms with E-state index >= 15 is 0 Å². The van der Waals surface area contributed by atoms with Gasteiger partial charge >= 0.3 is 0 Å². The second-order valence-electron chi connectivity index (χ2n) is 5.77. The van der Waals surface area contributed by atoms with E-state index in [1.54, 1.807) is 11.8 Å². The largest absolute Gasteiger partial charge is 0.352 e. The van der Waals surface area contributed by atoms with Gasteiger partial charge in [-0.3, -0.25) is 4.79 Å². The summed E-state index contributed by atoms with van der Waals surface area (Å²) in [6.07, 6.45) is 2.03. The van der Waals surface area contributed by atoms with E-state index < -0.39 is 0 Å². The first-order chi connectivity index (χ1) is 12.2. The van der Waals surface area contributed by atoms with Gasteiger partial charge in [0.1, 0.15) is 0 Å². The number of benzene rings is 2. The van der Waals surface area contributed by atoms with Gasteiger partial charge in [0.25, 0.3) is 5.91 Å². The first-order valence-corrected chi connectivity index (χ1v) is 10.0. The zero-order valence-electron chi connectivity index (χ0n) is 14.6. The maximum Gasteiger partial charge on any atom is 0.251 e. The molecule has 0 aliphatic heterocycles. The number of nitrogens with one attached hydrogen (secondary N) is 2. The third kappa shape index (κ3) is 7.10. The lowest BCUT2D eigenvalue weighted by atomic mass is 10.2. The highest BCUT2D eigenvalue weighted by Gasteiger charge is 2.05. The predicted octanol–water partition coefficient (Wildman–Crippen LogP) is 4.75. The number of rotatable bonds is 10. The highest BCUT2D eigenvalue weighted by molar-refractivity contribution is 7.99. The summed E-state index contributed by atoms with van der Waals surface area (Å²) < 4.78 is 0. The van der Waals surface area contributed by atoms with Gasteiger partial charge in [0.15, 0.2) is 0 Å². The second kappa shape index (κ2) is 11.2. The summed E-state index contributed by atoms with van der Waals surface area (Å²) in [5, 5.41) is 7.14. The summed E-state index contributed by atoms with van der Waals surface area (Å²) >= 11 is 8.03. The van der Waals surface area contributed by atoms with E-state index in [0.29, 0.717) is 12.1 Å². The molecule has 0 fully saturated rings. The van der Waals surface area contributed by atoms with Crippen molar-refractivity contribution in [3.05, 3.63) is 64.7 Å². The average molecular weight is 377 g/mol. The maximum atomic E-state index is 12.0. The van der Waals surface area contributed by atoms with Gasteiger partial charge in [0.2, 0.25) is 0 Å². The summed E-state index contributed by atoms with van der Waals surface area (Å²) in [6, 6.07) is 15.5. The third-order valence-corrected chi connectivity index (χ3v) is 5.23. The van der Waals surface area contributed by atoms with Gasteiger partial charge in [-0.2, -0.15) is 0 Å². The topological polar surface area (TPSA) is 41.1 Å². The van der Waals surface area contributed by atoms with E-state index in [2.05, 4.69) is 29.7 Å². The van der Waals surface area contributed by atoms with Gasteiger partial charge in [-0.1, -0.05) is 42.8 Å². The fraction of sp³-hybridized carbons (Fsp3) is 0.350. The lowest BCUT2D eigenvalue weighted by Gasteiger charge is -2.09. The first kappa shape index (κ1) is 19.8. The van der Waals surface area contributed by atoms with Crippen LogP contribution in [-0.2, 0) is 6.54 Å². The Morgan fingerprint density at radius 2 is 1.92 bits per heavy atom. The number of thioether (sulfide) groups is 1. The summed E-state index contributed by atoms with van der Waals surface area (Å²) in [4.78, 5) is 13.1. The molecule has 1 amide bonds. The Kier molecular flexibility index (Phi) is 8.87. The van der Waals surface area contributed by atoms with Crippen molar-refractivity contribution in [3.63, 3.8) is 0 Å². The molecule has 0 heterocycles. The monoisotopic (exact) mass is 376 g/mol. The van der Waals surface area contributed by atoms with Crippen molar-refractivity contribution in [2.75, 3.05) is 18.8 Å². The molecule has 0 atom stereocenters. The van der Waals surface area contributed by atoms with Crippen LogP contribution in [0.3, 0.4) is 0 Å². The Labute approximate surface area is 159 Å². The van der Waals surface area contributed by atoms with E-state index in [-0.39, 0.29) is 5.91 Å². The number of hydrogen-bond acceptors (Lipinski definition) is 3. The number of carbonyl (C=O) groups is 1. The van der Waals surface area contributed by atoms with Gasteiger partial charge in [-0.15, -0.1) is 11.8 Å². The van der Waals surface area contributed by atoms with Gasteiger partial charge in [0.05, 0.1) is 5.02 Å². The van der Waals surface area contributed by atoms with E-state index in [4.69, 9.17) is 11.6 Å². The lowest BCUT2D eigenvalue weighted by molar-refractivity contribution is 0.0954. The minimum absolute atomic E-state index is 0.0207. The van der Waals surface area contributed by atoms with Crippen LogP contribution in [0.25, 0.3) is 0 Å². The summed E-state index contributed by atoms with van der Waals surface area (Å²) in [5.74, 6) is 0.897. The van der Waals surface area contributed by atoms with Crippen LogP contribution < -0.4 is 10.6 Å². The minimum atomic E-state index is -0.0207. The molecule has 3 nitrogen and oxygen atoms in total. The Hall–Kier alpha value is -1.49. The van der Waals surface area contributed by atoms with E-state index in [1.807, 2.05) is 36.4 Å². The molecule has 5 heteroatoms. The van der Waals surface area contributed by atoms with Crippen LogP contribution in [-0.4, -0.2) is 24.7 Å². The molecule has 2 aromatic carbocycles. The highest BCUT2D eigenvalue weighted by Crippen LogP contribution is 2.28.